The summed E-state index contributed by atoms with van der Waals surface area (Å²) in [6, 6.07) is 4.56. The Morgan fingerprint density at radius 2 is 2.24 bits per heavy atom. The van der Waals surface area contributed by atoms with Crippen molar-refractivity contribution in [3.8, 4) is 0 Å². The number of nitrogens with two attached hydrogens (primary N) is 1. The highest BCUT2D eigenvalue weighted by atomic mass is 32.2. The third kappa shape index (κ3) is 3.36. The van der Waals surface area contributed by atoms with E-state index in [0.717, 1.165) is 24.2 Å². The second kappa shape index (κ2) is 5.74. The first-order chi connectivity index (χ1) is 8.19. The molecule has 1 fully saturated rings. The van der Waals surface area contributed by atoms with Gasteiger partial charge in [0.25, 0.3) is 0 Å². The van der Waals surface area contributed by atoms with Crippen molar-refractivity contribution in [2.24, 2.45) is 0 Å². The molecule has 0 amide bonds. The Labute approximate surface area is 106 Å². The van der Waals surface area contributed by atoms with Crippen LogP contribution in [0.5, 0.6) is 0 Å². The second-order valence-corrected chi connectivity index (χ2v) is 5.79. The molecule has 2 unspecified atom stereocenters. The van der Waals surface area contributed by atoms with Crippen LogP contribution < -0.4 is 5.73 Å². The predicted molar refractivity (Wildman–Crippen MR) is 69.7 cm³/mol. The van der Waals surface area contributed by atoms with E-state index in [1.165, 1.54) is 18.6 Å². The number of hydrogen-bond donors (Lipinski definition) is 1. The van der Waals surface area contributed by atoms with Crippen molar-refractivity contribution >= 4 is 17.4 Å². The molecule has 1 aromatic rings. The van der Waals surface area contributed by atoms with Crippen molar-refractivity contribution in [1.29, 1.82) is 0 Å². The lowest BCUT2D eigenvalue weighted by Gasteiger charge is -2.28. The number of ether oxygens (including phenoxy) is 1. The summed E-state index contributed by atoms with van der Waals surface area (Å²) in [6.45, 7) is 0. The van der Waals surface area contributed by atoms with Crippen molar-refractivity contribution in [3.05, 3.63) is 24.0 Å². The molecule has 4 heteroatoms. The highest BCUT2D eigenvalue weighted by Gasteiger charge is 2.23. The molecule has 2 nitrogen and oxygen atoms in total. The van der Waals surface area contributed by atoms with Gasteiger partial charge in [-0.15, -0.1) is 11.8 Å². The Balaban J connectivity index is 2.02. The summed E-state index contributed by atoms with van der Waals surface area (Å²) < 4.78 is 18.5. The van der Waals surface area contributed by atoms with Crippen LogP contribution in [-0.2, 0) is 4.74 Å². The van der Waals surface area contributed by atoms with Gasteiger partial charge in [0.1, 0.15) is 5.82 Å². The van der Waals surface area contributed by atoms with Crippen LogP contribution in [0.3, 0.4) is 0 Å². The topological polar surface area (TPSA) is 35.2 Å². The summed E-state index contributed by atoms with van der Waals surface area (Å²) in [5, 5.41) is 0.484. The van der Waals surface area contributed by atoms with E-state index in [0.29, 0.717) is 17.0 Å². The largest absolute Gasteiger partial charge is 0.398 e. The van der Waals surface area contributed by atoms with E-state index in [1.807, 2.05) is 0 Å². The SMILES string of the molecule is COC1CCCC(Sc2cc(F)ccc2N)C1. The van der Waals surface area contributed by atoms with Gasteiger partial charge >= 0.3 is 0 Å². The number of thioether (sulfide) groups is 1. The molecule has 1 saturated carbocycles. The van der Waals surface area contributed by atoms with E-state index in [9.17, 15) is 4.39 Å². The number of anilines is 1. The zero-order valence-corrected chi connectivity index (χ0v) is 10.8. The van der Waals surface area contributed by atoms with Crippen molar-refractivity contribution in [2.45, 2.75) is 41.9 Å². The van der Waals surface area contributed by atoms with Gasteiger partial charge in [-0.25, -0.2) is 4.39 Å². The Morgan fingerprint density at radius 1 is 1.41 bits per heavy atom. The van der Waals surface area contributed by atoms with Crippen LogP contribution in [0, 0.1) is 5.82 Å². The van der Waals surface area contributed by atoms with E-state index in [4.69, 9.17) is 10.5 Å². The zero-order valence-electron chi connectivity index (χ0n) is 9.99. The van der Waals surface area contributed by atoms with Crippen LogP contribution in [0.1, 0.15) is 25.7 Å². The molecule has 0 saturated heterocycles. The minimum atomic E-state index is -0.221. The third-order valence-electron chi connectivity index (χ3n) is 3.18. The van der Waals surface area contributed by atoms with Crippen LogP contribution in [0.15, 0.2) is 23.1 Å². The molecule has 2 N–H and O–H groups in total. The van der Waals surface area contributed by atoms with Gasteiger partial charge in [-0.3, -0.25) is 0 Å². The fraction of sp³-hybridized carbons (Fsp3) is 0.538. The van der Waals surface area contributed by atoms with Gasteiger partial charge in [0.15, 0.2) is 0 Å². The van der Waals surface area contributed by atoms with Crippen LogP contribution in [-0.4, -0.2) is 18.5 Å². The van der Waals surface area contributed by atoms with Gasteiger partial charge in [0.05, 0.1) is 6.10 Å². The molecule has 1 aliphatic carbocycles. The van der Waals surface area contributed by atoms with E-state index in [1.54, 1.807) is 24.9 Å². The highest BCUT2D eigenvalue weighted by Crippen LogP contribution is 2.37. The normalized spacial score (nSPS) is 24.8. The molecule has 2 atom stereocenters. The molecule has 94 valence electrons. The lowest BCUT2D eigenvalue weighted by molar-refractivity contribution is 0.0730. The lowest BCUT2D eigenvalue weighted by atomic mass is 9.97. The molecule has 2 rings (SSSR count). The van der Waals surface area contributed by atoms with Gasteiger partial charge in [0, 0.05) is 22.9 Å². The number of hydrogen-bond acceptors (Lipinski definition) is 3. The Hall–Kier alpha value is -0.740. The molecule has 17 heavy (non-hydrogen) atoms. The molecular weight excluding hydrogens is 237 g/mol. The van der Waals surface area contributed by atoms with Gasteiger partial charge in [-0.05, 0) is 43.9 Å². The highest BCUT2D eigenvalue weighted by molar-refractivity contribution is 8.00. The van der Waals surface area contributed by atoms with Crippen molar-refractivity contribution in [3.63, 3.8) is 0 Å². The maximum absolute atomic E-state index is 13.2. The fourth-order valence-corrected chi connectivity index (χ4v) is 3.55. The monoisotopic (exact) mass is 255 g/mol. The van der Waals surface area contributed by atoms with Crippen molar-refractivity contribution in [1.82, 2.24) is 0 Å². The average molecular weight is 255 g/mol. The minimum absolute atomic E-state index is 0.221. The summed E-state index contributed by atoms with van der Waals surface area (Å²) in [5.74, 6) is -0.221. The fourth-order valence-electron chi connectivity index (χ4n) is 2.21. The zero-order chi connectivity index (χ0) is 12.3. The Bertz CT molecular complexity index is 386. The van der Waals surface area contributed by atoms with Crippen LogP contribution in [0.4, 0.5) is 10.1 Å². The van der Waals surface area contributed by atoms with E-state index in [2.05, 4.69) is 0 Å². The van der Waals surface area contributed by atoms with Crippen molar-refractivity contribution < 1.29 is 9.13 Å². The minimum Gasteiger partial charge on any atom is -0.398 e. The van der Waals surface area contributed by atoms with Crippen LogP contribution >= 0.6 is 11.8 Å². The van der Waals surface area contributed by atoms with E-state index < -0.39 is 0 Å². The number of methoxy groups -OCH3 is 1. The molecular formula is C13H18FNOS. The smallest absolute Gasteiger partial charge is 0.124 e. The number of nitrogen functional groups attached to an aromatic ring is 1. The van der Waals surface area contributed by atoms with Gasteiger partial charge in [-0.1, -0.05) is 0 Å². The molecule has 0 aromatic heterocycles. The number of halogens is 1. The first kappa shape index (κ1) is 12.7. The summed E-state index contributed by atoms with van der Waals surface area (Å²) in [7, 11) is 1.76. The quantitative estimate of drug-likeness (QED) is 0.840. The first-order valence-corrected chi connectivity index (χ1v) is 6.81. The lowest BCUT2D eigenvalue weighted by Crippen LogP contribution is -2.23. The molecule has 1 aliphatic rings. The summed E-state index contributed by atoms with van der Waals surface area (Å²) in [4.78, 5) is 0.853. The second-order valence-electron chi connectivity index (χ2n) is 4.45. The molecule has 0 spiro atoms. The Morgan fingerprint density at radius 3 is 3.00 bits per heavy atom. The van der Waals surface area contributed by atoms with Crippen LogP contribution in [0.25, 0.3) is 0 Å². The average Bonchev–Trinajstić information content (AvgIpc) is 2.34. The summed E-state index contributed by atoms with van der Waals surface area (Å²) in [6.07, 6.45) is 4.82. The number of benzene rings is 1. The summed E-state index contributed by atoms with van der Waals surface area (Å²) >= 11 is 1.68. The third-order valence-corrected chi connectivity index (χ3v) is 4.55. The molecule has 0 heterocycles. The molecule has 0 aliphatic heterocycles. The van der Waals surface area contributed by atoms with E-state index >= 15 is 0 Å². The van der Waals surface area contributed by atoms with Crippen LogP contribution in [0.2, 0.25) is 0 Å². The van der Waals surface area contributed by atoms with Gasteiger partial charge in [0.2, 0.25) is 0 Å². The standard InChI is InChI=1S/C13H18FNOS/c1-16-10-3-2-4-11(8-10)17-13-7-9(14)5-6-12(13)15/h5-7,10-11H,2-4,8,15H2,1H3. The van der Waals surface area contributed by atoms with Gasteiger partial charge < -0.3 is 10.5 Å². The number of rotatable bonds is 3. The first-order valence-electron chi connectivity index (χ1n) is 5.93. The summed E-state index contributed by atoms with van der Waals surface area (Å²) in [5.41, 5.74) is 6.52. The Kier molecular flexibility index (Phi) is 4.29. The molecule has 0 bridgehead atoms. The van der Waals surface area contributed by atoms with Crippen molar-refractivity contribution in [2.75, 3.05) is 12.8 Å². The van der Waals surface area contributed by atoms with E-state index in [-0.39, 0.29) is 5.82 Å². The van der Waals surface area contributed by atoms with Gasteiger partial charge in [-0.2, -0.15) is 0 Å². The molecule has 1 aromatic carbocycles. The predicted octanol–water partition coefficient (Wildman–Crippen LogP) is 3.46. The maximum Gasteiger partial charge on any atom is 0.124 e. The maximum atomic E-state index is 13.2. The molecule has 0 radical (unpaired) electrons.